The first kappa shape index (κ1) is 13.1. The number of halogens is 2. The van der Waals surface area contributed by atoms with Crippen molar-refractivity contribution in [3.63, 3.8) is 0 Å². The van der Waals surface area contributed by atoms with Crippen molar-refractivity contribution in [2.45, 2.75) is 13.5 Å². The first-order chi connectivity index (χ1) is 8.49. The first-order valence-corrected chi connectivity index (χ1v) is 6.10. The Morgan fingerprint density at radius 1 is 1.39 bits per heavy atom. The minimum Gasteiger partial charge on any atom is -0.486 e. The summed E-state index contributed by atoms with van der Waals surface area (Å²) in [5.41, 5.74) is 7.80. The number of aryl methyl sites for hydroxylation is 2. The van der Waals surface area contributed by atoms with Crippen LogP contribution in [0.4, 0.5) is 5.69 Å². The Hall–Kier alpha value is -1.39. The fourth-order valence-corrected chi connectivity index (χ4v) is 2.08. The summed E-state index contributed by atoms with van der Waals surface area (Å²) >= 11 is 12.1. The monoisotopic (exact) mass is 285 g/mol. The van der Waals surface area contributed by atoms with E-state index in [0.29, 0.717) is 28.1 Å². The Kier molecular flexibility index (Phi) is 3.68. The summed E-state index contributed by atoms with van der Waals surface area (Å²) in [4.78, 5) is 0. The second-order valence-electron chi connectivity index (χ2n) is 3.95. The average molecular weight is 286 g/mol. The van der Waals surface area contributed by atoms with E-state index in [0.717, 1.165) is 11.4 Å². The maximum Gasteiger partial charge on any atom is 0.138 e. The molecular weight excluding hydrogens is 273 g/mol. The predicted molar refractivity (Wildman–Crippen MR) is 73.2 cm³/mol. The largest absolute Gasteiger partial charge is 0.486 e. The van der Waals surface area contributed by atoms with Crippen LogP contribution in [0.15, 0.2) is 18.2 Å². The summed E-state index contributed by atoms with van der Waals surface area (Å²) < 4.78 is 7.32. The van der Waals surface area contributed by atoms with Crippen LogP contribution < -0.4 is 10.5 Å². The van der Waals surface area contributed by atoms with E-state index >= 15 is 0 Å². The Morgan fingerprint density at radius 2 is 2.11 bits per heavy atom. The molecule has 1 aromatic heterocycles. The Balaban J connectivity index is 2.16. The summed E-state index contributed by atoms with van der Waals surface area (Å²) in [6.07, 6.45) is 0. The molecule has 0 saturated heterocycles. The van der Waals surface area contributed by atoms with Gasteiger partial charge in [0.05, 0.1) is 21.4 Å². The third-order valence-corrected chi connectivity index (χ3v) is 3.37. The van der Waals surface area contributed by atoms with Crippen molar-refractivity contribution in [1.29, 1.82) is 0 Å². The normalized spacial score (nSPS) is 10.7. The standard InChI is InChI=1S/C12H13Cl2N3O/c1-7-12(14)10(17(2)16-7)6-18-11-4-3-8(15)5-9(11)13/h3-5H,6,15H2,1-2H3. The molecule has 0 unspecified atom stereocenters. The summed E-state index contributed by atoms with van der Waals surface area (Å²) in [5.74, 6) is 0.570. The topological polar surface area (TPSA) is 53.1 Å². The zero-order valence-corrected chi connectivity index (χ0v) is 11.6. The van der Waals surface area contributed by atoms with Gasteiger partial charge in [-0.15, -0.1) is 0 Å². The van der Waals surface area contributed by atoms with E-state index in [1.54, 1.807) is 22.9 Å². The number of anilines is 1. The van der Waals surface area contributed by atoms with Crippen LogP contribution in [0.1, 0.15) is 11.4 Å². The van der Waals surface area contributed by atoms with E-state index in [1.165, 1.54) is 0 Å². The summed E-state index contributed by atoms with van der Waals surface area (Å²) in [5, 5.41) is 5.30. The number of hydrogen-bond donors (Lipinski definition) is 1. The van der Waals surface area contributed by atoms with Gasteiger partial charge >= 0.3 is 0 Å². The lowest BCUT2D eigenvalue weighted by atomic mass is 10.3. The molecule has 0 amide bonds. The molecule has 0 aliphatic heterocycles. The first-order valence-electron chi connectivity index (χ1n) is 5.35. The van der Waals surface area contributed by atoms with Crippen molar-refractivity contribution in [2.24, 2.45) is 7.05 Å². The molecule has 6 heteroatoms. The van der Waals surface area contributed by atoms with E-state index in [2.05, 4.69) is 5.10 Å². The SMILES string of the molecule is Cc1nn(C)c(COc2ccc(N)cc2Cl)c1Cl. The van der Waals surface area contributed by atoms with E-state index in [9.17, 15) is 0 Å². The summed E-state index contributed by atoms with van der Waals surface area (Å²) in [7, 11) is 1.82. The molecule has 1 aromatic carbocycles. The van der Waals surface area contributed by atoms with Crippen molar-refractivity contribution in [2.75, 3.05) is 5.73 Å². The third kappa shape index (κ3) is 2.54. The maximum atomic E-state index is 6.13. The molecule has 2 rings (SSSR count). The molecular formula is C12H13Cl2N3O. The number of aromatic nitrogens is 2. The molecule has 18 heavy (non-hydrogen) atoms. The molecule has 0 spiro atoms. The minimum absolute atomic E-state index is 0.305. The highest BCUT2D eigenvalue weighted by molar-refractivity contribution is 6.32. The van der Waals surface area contributed by atoms with Gasteiger partial charge < -0.3 is 10.5 Å². The van der Waals surface area contributed by atoms with Crippen LogP contribution in [0.5, 0.6) is 5.75 Å². The molecule has 4 nitrogen and oxygen atoms in total. The van der Waals surface area contributed by atoms with Gasteiger partial charge in [-0.05, 0) is 25.1 Å². The van der Waals surface area contributed by atoms with Crippen molar-refractivity contribution in [1.82, 2.24) is 9.78 Å². The number of rotatable bonds is 3. The van der Waals surface area contributed by atoms with Crippen LogP contribution in [-0.4, -0.2) is 9.78 Å². The van der Waals surface area contributed by atoms with E-state index in [-0.39, 0.29) is 0 Å². The quantitative estimate of drug-likeness (QED) is 0.881. The van der Waals surface area contributed by atoms with Gasteiger partial charge in [0.25, 0.3) is 0 Å². The number of ether oxygens (including phenoxy) is 1. The Bertz CT molecular complexity index is 581. The van der Waals surface area contributed by atoms with Crippen molar-refractivity contribution < 1.29 is 4.74 Å². The van der Waals surface area contributed by atoms with Crippen LogP contribution >= 0.6 is 23.2 Å². The van der Waals surface area contributed by atoms with Gasteiger partial charge in [0.1, 0.15) is 12.4 Å². The molecule has 0 radical (unpaired) electrons. The van der Waals surface area contributed by atoms with Gasteiger partial charge in [0.15, 0.2) is 0 Å². The van der Waals surface area contributed by atoms with E-state index in [1.807, 2.05) is 14.0 Å². The Morgan fingerprint density at radius 3 is 2.67 bits per heavy atom. The molecule has 96 valence electrons. The van der Waals surface area contributed by atoms with Gasteiger partial charge in [-0.3, -0.25) is 4.68 Å². The number of nitrogens with zero attached hydrogens (tertiary/aromatic N) is 2. The molecule has 0 fully saturated rings. The highest BCUT2D eigenvalue weighted by Gasteiger charge is 2.12. The maximum absolute atomic E-state index is 6.13. The predicted octanol–water partition coefficient (Wildman–Crippen LogP) is 3.20. The molecule has 1 heterocycles. The second-order valence-corrected chi connectivity index (χ2v) is 4.73. The number of benzene rings is 1. The van der Waals surface area contributed by atoms with Gasteiger partial charge in [-0.1, -0.05) is 23.2 Å². The lowest BCUT2D eigenvalue weighted by molar-refractivity contribution is 0.295. The van der Waals surface area contributed by atoms with Crippen molar-refractivity contribution in [3.8, 4) is 5.75 Å². The van der Waals surface area contributed by atoms with Gasteiger partial charge in [0, 0.05) is 12.7 Å². The number of nitrogen functional groups attached to an aromatic ring is 1. The van der Waals surface area contributed by atoms with Crippen LogP contribution in [0.3, 0.4) is 0 Å². The third-order valence-electron chi connectivity index (χ3n) is 2.58. The molecule has 0 atom stereocenters. The lowest BCUT2D eigenvalue weighted by Gasteiger charge is -2.09. The number of hydrogen-bond acceptors (Lipinski definition) is 3. The average Bonchev–Trinajstić information content (AvgIpc) is 2.53. The van der Waals surface area contributed by atoms with Gasteiger partial charge in [-0.2, -0.15) is 5.10 Å². The van der Waals surface area contributed by atoms with Gasteiger partial charge in [-0.25, -0.2) is 0 Å². The van der Waals surface area contributed by atoms with Crippen LogP contribution in [0.25, 0.3) is 0 Å². The summed E-state index contributed by atoms with van der Waals surface area (Å²) in [6.45, 7) is 2.15. The molecule has 0 bridgehead atoms. The fourth-order valence-electron chi connectivity index (χ4n) is 1.62. The molecule has 0 saturated carbocycles. The Labute approximate surface area is 115 Å². The lowest BCUT2D eigenvalue weighted by Crippen LogP contribution is -2.04. The van der Waals surface area contributed by atoms with Crippen LogP contribution in [0.2, 0.25) is 10.0 Å². The number of nitrogens with two attached hydrogens (primary N) is 1. The van der Waals surface area contributed by atoms with Crippen LogP contribution in [-0.2, 0) is 13.7 Å². The van der Waals surface area contributed by atoms with Crippen LogP contribution in [0, 0.1) is 6.92 Å². The highest BCUT2D eigenvalue weighted by atomic mass is 35.5. The minimum atomic E-state index is 0.305. The van der Waals surface area contributed by atoms with Crippen molar-refractivity contribution in [3.05, 3.63) is 39.6 Å². The van der Waals surface area contributed by atoms with Gasteiger partial charge in [0.2, 0.25) is 0 Å². The second kappa shape index (κ2) is 5.08. The zero-order chi connectivity index (χ0) is 13.3. The molecule has 2 aromatic rings. The molecule has 2 N–H and O–H groups in total. The highest BCUT2D eigenvalue weighted by Crippen LogP contribution is 2.28. The molecule has 0 aliphatic carbocycles. The van der Waals surface area contributed by atoms with Crippen molar-refractivity contribution >= 4 is 28.9 Å². The van der Waals surface area contributed by atoms with E-state index < -0.39 is 0 Å². The van der Waals surface area contributed by atoms with E-state index in [4.69, 9.17) is 33.7 Å². The smallest absolute Gasteiger partial charge is 0.138 e. The fraction of sp³-hybridized carbons (Fsp3) is 0.250. The summed E-state index contributed by atoms with van der Waals surface area (Å²) in [6, 6.07) is 5.11. The molecule has 0 aliphatic rings. The zero-order valence-electron chi connectivity index (χ0n) is 10.1.